The zero-order valence-corrected chi connectivity index (χ0v) is 14.7. The Balaban J connectivity index is 2.92. The van der Waals surface area contributed by atoms with E-state index >= 15 is 0 Å². The maximum atomic E-state index is 6.24. The lowest BCUT2D eigenvalue weighted by atomic mass is 10.0. The largest absolute Gasteiger partial charge is 0.367 e. The van der Waals surface area contributed by atoms with Crippen molar-refractivity contribution in [2.75, 3.05) is 31.6 Å². The van der Waals surface area contributed by atoms with Gasteiger partial charge in [0.2, 0.25) is 0 Å². The van der Waals surface area contributed by atoms with Crippen molar-refractivity contribution in [1.82, 2.24) is 5.32 Å². The quantitative estimate of drug-likeness (QED) is 0.463. The van der Waals surface area contributed by atoms with Gasteiger partial charge in [0.25, 0.3) is 0 Å². The molecule has 22 heavy (non-hydrogen) atoms. The number of hydrogen-bond donors (Lipinski definition) is 1. The summed E-state index contributed by atoms with van der Waals surface area (Å²) in [7, 11) is 2.00. The van der Waals surface area contributed by atoms with Crippen LogP contribution in [0.1, 0.15) is 31.7 Å². The van der Waals surface area contributed by atoms with Gasteiger partial charge < -0.3 is 10.2 Å². The number of unbranched alkanes of at least 4 members (excludes halogenated alkanes) is 1. The van der Waals surface area contributed by atoms with Crippen LogP contribution in [0.5, 0.6) is 0 Å². The van der Waals surface area contributed by atoms with Crippen molar-refractivity contribution < 1.29 is 0 Å². The van der Waals surface area contributed by atoms with Crippen LogP contribution in [0, 0.1) is 0 Å². The predicted molar refractivity (Wildman–Crippen MR) is 100 cm³/mol. The first kappa shape index (κ1) is 18.8. The second kappa shape index (κ2) is 11.3. The molecule has 3 heteroatoms. The Labute approximate surface area is 140 Å². The summed E-state index contributed by atoms with van der Waals surface area (Å²) in [5.41, 5.74) is 2.64. The molecule has 0 aliphatic carbocycles. The fourth-order valence-corrected chi connectivity index (χ4v) is 2.64. The Kier molecular flexibility index (Phi) is 9.69. The molecule has 0 saturated heterocycles. The summed E-state index contributed by atoms with van der Waals surface area (Å²) < 4.78 is 0. The van der Waals surface area contributed by atoms with Crippen molar-refractivity contribution in [1.29, 1.82) is 0 Å². The fraction of sp³-hybridized carbons (Fsp3) is 0.474. The zero-order chi connectivity index (χ0) is 16.2. The number of nitrogens with zero attached hydrogens (tertiary/aromatic N) is 1. The summed E-state index contributed by atoms with van der Waals surface area (Å²) in [6.45, 7) is 8.85. The van der Waals surface area contributed by atoms with Crippen molar-refractivity contribution in [2.45, 2.75) is 32.6 Å². The van der Waals surface area contributed by atoms with Crippen LogP contribution in [0.3, 0.4) is 0 Å². The monoisotopic (exact) mass is 320 g/mol. The van der Waals surface area contributed by atoms with E-state index < -0.39 is 0 Å². The second-order valence-corrected chi connectivity index (χ2v) is 5.86. The molecule has 1 rings (SSSR count). The van der Waals surface area contributed by atoms with E-state index in [-0.39, 0.29) is 0 Å². The first-order valence-corrected chi connectivity index (χ1v) is 8.50. The highest BCUT2D eigenvalue weighted by Gasteiger charge is 2.11. The van der Waals surface area contributed by atoms with Gasteiger partial charge in [0, 0.05) is 23.8 Å². The van der Waals surface area contributed by atoms with E-state index in [9.17, 15) is 0 Å². The van der Waals surface area contributed by atoms with Gasteiger partial charge in [-0.1, -0.05) is 35.9 Å². The molecule has 1 aromatic carbocycles. The molecule has 2 nitrogen and oxygen atoms in total. The van der Waals surface area contributed by atoms with Gasteiger partial charge in [-0.3, -0.25) is 0 Å². The Morgan fingerprint density at radius 3 is 2.82 bits per heavy atom. The van der Waals surface area contributed by atoms with E-state index in [1.54, 1.807) is 0 Å². The third kappa shape index (κ3) is 6.67. The minimum atomic E-state index is 0.807. The highest BCUT2D eigenvalue weighted by atomic mass is 35.5. The molecule has 0 bridgehead atoms. The molecule has 1 aromatic rings. The first-order chi connectivity index (χ1) is 10.7. The van der Waals surface area contributed by atoms with Gasteiger partial charge in [0.15, 0.2) is 0 Å². The predicted octanol–water partition coefficient (Wildman–Crippen LogP) is 4.84. The van der Waals surface area contributed by atoms with Crippen molar-refractivity contribution in [3.63, 3.8) is 0 Å². The molecule has 0 fully saturated rings. The van der Waals surface area contributed by atoms with Crippen molar-refractivity contribution in [3.05, 3.63) is 53.6 Å². The van der Waals surface area contributed by atoms with Gasteiger partial charge in [0.1, 0.15) is 0 Å². The van der Waals surface area contributed by atoms with Gasteiger partial charge in [-0.15, -0.1) is 6.58 Å². The average molecular weight is 321 g/mol. The van der Waals surface area contributed by atoms with Crippen LogP contribution >= 0.6 is 11.6 Å². The topological polar surface area (TPSA) is 15.3 Å². The zero-order valence-electron chi connectivity index (χ0n) is 13.9. The molecule has 0 radical (unpaired) electrons. The molecule has 0 atom stereocenters. The van der Waals surface area contributed by atoms with Crippen LogP contribution < -0.4 is 10.2 Å². The summed E-state index contributed by atoms with van der Waals surface area (Å²) in [5.74, 6) is 0. The van der Waals surface area contributed by atoms with Crippen molar-refractivity contribution in [2.24, 2.45) is 0 Å². The van der Waals surface area contributed by atoms with Crippen LogP contribution in [-0.4, -0.2) is 26.7 Å². The van der Waals surface area contributed by atoms with E-state index in [4.69, 9.17) is 11.6 Å². The molecule has 0 aromatic heterocycles. The van der Waals surface area contributed by atoms with Gasteiger partial charge in [-0.05, 0) is 63.9 Å². The molecule has 0 spiro atoms. The standard InChI is InChI=1S/C19H29ClN2/c1-4-6-8-10-17-11-12-18(20)16-19(17)22(14-7-5-2)15-9-13-21-3/h4-5,7,11-12,16,21H,1,6,8-10,13-15H2,2-3H3/b7-5-. The molecule has 0 amide bonds. The lowest BCUT2D eigenvalue weighted by Crippen LogP contribution is -2.28. The Bertz CT molecular complexity index is 469. The van der Waals surface area contributed by atoms with Gasteiger partial charge >= 0.3 is 0 Å². The third-order valence-corrected chi connectivity index (χ3v) is 3.89. The van der Waals surface area contributed by atoms with E-state index in [1.165, 1.54) is 11.3 Å². The third-order valence-electron chi connectivity index (χ3n) is 3.66. The number of nitrogens with one attached hydrogen (secondary N) is 1. The molecule has 122 valence electrons. The number of aryl methyl sites for hydroxylation is 1. The summed E-state index contributed by atoms with van der Waals surface area (Å²) in [4.78, 5) is 2.42. The lowest BCUT2D eigenvalue weighted by Gasteiger charge is -2.26. The van der Waals surface area contributed by atoms with Gasteiger partial charge in [0.05, 0.1) is 0 Å². The highest BCUT2D eigenvalue weighted by molar-refractivity contribution is 6.30. The van der Waals surface area contributed by atoms with Crippen molar-refractivity contribution in [3.8, 4) is 0 Å². The van der Waals surface area contributed by atoms with E-state index in [0.717, 1.165) is 50.3 Å². The maximum absolute atomic E-state index is 6.24. The number of allylic oxidation sites excluding steroid dienone is 2. The number of hydrogen-bond acceptors (Lipinski definition) is 2. The molecule has 0 unspecified atom stereocenters. The SMILES string of the molecule is C=CCCCc1ccc(Cl)cc1N(C/C=C\C)CCCNC. The summed E-state index contributed by atoms with van der Waals surface area (Å²) in [6.07, 6.45) is 10.7. The number of halogens is 1. The van der Waals surface area contributed by atoms with Gasteiger partial charge in [-0.2, -0.15) is 0 Å². The minimum absolute atomic E-state index is 0.807. The number of anilines is 1. The summed E-state index contributed by atoms with van der Waals surface area (Å²) in [6, 6.07) is 6.27. The molecule has 0 heterocycles. The summed E-state index contributed by atoms with van der Waals surface area (Å²) >= 11 is 6.24. The summed E-state index contributed by atoms with van der Waals surface area (Å²) in [5, 5.41) is 4.02. The van der Waals surface area contributed by atoms with E-state index in [1.807, 2.05) is 19.2 Å². The Hall–Kier alpha value is -1.25. The maximum Gasteiger partial charge on any atom is 0.0426 e. The van der Waals surface area contributed by atoms with Crippen LogP contribution in [-0.2, 0) is 6.42 Å². The molecule has 0 aliphatic heterocycles. The Morgan fingerprint density at radius 2 is 2.14 bits per heavy atom. The fourth-order valence-electron chi connectivity index (χ4n) is 2.47. The van der Waals surface area contributed by atoms with Crippen LogP contribution in [0.2, 0.25) is 5.02 Å². The normalized spacial score (nSPS) is 11.0. The van der Waals surface area contributed by atoms with Crippen molar-refractivity contribution >= 4 is 17.3 Å². The molecular formula is C19H29ClN2. The molecular weight excluding hydrogens is 292 g/mol. The van der Waals surface area contributed by atoms with E-state index in [2.05, 4.69) is 48.0 Å². The Morgan fingerprint density at radius 1 is 1.32 bits per heavy atom. The van der Waals surface area contributed by atoms with Crippen LogP contribution in [0.4, 0.5) is 5.69 Å². The smallest absolute Gasteiger partial charge is 0.0426 e. The first-order valence-electron chi connectivity index (χ1n) is 8.13. The molecule has 0 aliphatic rings. The number of rotatable bonds is 11. The number of benzene rings is 1. The van der Waals surface area contributed by atoms with Gasteiger partial charge in [-0.25, -0.2) is 0 Å². The molecule has 0 saturated carbocycles. The second-order valence-electron chi connectivity index (χ2n) is 5.43. The lowest BCUT2D eigenvalue weighted by molar-refractivity contribution is 0.698. The average Bonchev–Trinajstić information content (AvgIpc) is 2.52. The van der Waals surface area contributed by atoms with Crippen LogP contribution in [0.25, 0.3) is 0 Å². The van der Waals surface area contributed by atoms with E-state index in [0.29, 0.717) is 0 Å². The molecule has 1 N–H and O–H groups in total. The van der Waals surface area contributed by atoms with Crippen LogP contribution in [0.15, 0.2) is 43.0 Å². The minimum Gasteiger partial charge on any atom is -0.367 e. The highest BCUT2D eigenvalue weighted by Crippen LogP contribution is 2.27.